The summed E-state index contributed by atoms with van der Waals surface area (Å²) < 4.78 is 2.75. The summed E-state index contributed by atoms with van der Waals surface area (Å²) in [6, 6.07) is 5.67. The van der Waals surface area contributed by atoms with E-state index in [1.807, 2.05) is 28.8 Å². The van der Waals surface area contributed by atoms with Gasteiger partial charge in [0.15, 0.2) is 0 Å². The minimum atomic E-state index is -0.338. The van der Waals surface area contributed by atoms with E-state index in [9.17, 15) is 9.59 Å². The Morgan fingerprint density at radius 3 is 2.94 bits per heavy atom. The molecule has 0 radical (unpaired) electrons. The molecule has 3 rings (SSSR count). The highest BCUT2D eigenvalue weighted by atomic mass is 79.9. The zero-order valence-corrected chi connectivity index (χ0v) is 11.0. The summed E-state index contributed by atoms with van der Waals surface area (Å²) in [5, 5.41) is 2.35. The standard InChI is InChI=1S/C12H10BrN3O2/c13-9-2-1-3-10-14-8(6-16(9)10)7-4-5-11(17)15-12(7)18/h1-3,6-7H,4-5H2,(H,15,17,18). The molecule has 0 aliphatic carbocycles. The van der Waals surface area contributed by atoms with E-state index in [2.05, 4.69) is 26.2 Å². The van der Waals surface area contributed by atoms with Crippen LogP contribution < -0.4 is 5.32 Å². The molecule has 1 aliphatic heterocycles. The van der Waals surface area contributed by atoms with Gasteiger partial charge >= 0.3 is 0 Å². The van der Waals surface area contributed by atoms with Gasteiger partial charge in [0.25, 0.3) is 0 Å². The Morgan fingerprint density at radius 2 is 2.22 bits per heavy atom. The van der Waals surface area contributed by atoms with Crippen LogP contribution in [-0.2, 0) is 9.59 Å². The number of piperidine rings is 1. The number of carbonyl (C=O) groups excluding carboxylic acids is 2. The lowest BCUT2D eigenvalue weighted by Gasteiger charge is -2.18. The maximum absolute atomic E-state index is 11.8. The van der Waals surface area contributed by atoms with Gasteiger partial charge in [-0.2, -0.15) is 0 Å². The molecule has 1 aliphatic rings. The Labute approximate surface area is 111 Å². The quantitative estimate of drug-likeness (QED) is 0.643. The largest absolute Gasteiger partial charge is 0.296 e. The molecule has 1 saturated heterocycles. The summed E-state index contributed by atoms with van der Waals surface area (Å²) in [6.07, 6.45) is 2.72. The van der Waals surface area contributed by atoms with Crippen molar-refractivity contribution in [2.24, 2.45) is 0 Å². The summed E-state index contributed by atoms with van der Waals surface area (Å²) in [5.74, 6) is -0.804. The molecular weight excluding hydrogens is 298 g/mol. The van der Waals surface area contributed by atoms with Crippen LogP contribution in [-0.4, -0.2) is 21.2 Å². The molecule has 0 saturated carbocycles. The average Bonchev–Trinajstić information content (AvgIpc) is 2.74. The van der Waals surface area contributed by atoms with Crippen molar-refractivity contribution in [1.29, 1.82) is 0 Å². The van der Waals surface area contributed by atoms with Crippen molar-refractivity contribution in [3.63, 3.8) is 0 Å². The number of imide groups is 1. The minimum Gasteiger partial charge on any atom is -0.296 e. The summed E-state index contributed by atoms with van der Waals surface area (Å²) in [5.41, 5.74) is 1.48. The molecule has 2 aromatic heterocycles. The van der Waals surface area contributed by atoms with Gasteiger partial charge in [-0.1, -0.05) is 6.07 Å². The zero-order valence-electron chi connectivity index (χ0n) is 9.39. The van der Waals surface area contributed by atoms with E-state index in [0.29, 0.717) is 18.5 Å². The number of hydrogen-bond acceptors (Lipinski definition) is 3. The van der Waals surface area contributed by atoms with E-state index >= 15 is 0 Å². The van der Waals surface area contributed by atoms with Gasteiger partial charge in [0, 0.05) is 12.6 Å². The number of fused-ring (bicyclic) bond motifs is 1. The third-order valence-electron chi connectivity index (χ3n) is 3.06. The molecule has 6 heteroatoms. The van der Waals surface area contributed by atoms with Crippen molar-refractivity contribution in [3.05, 3.63) is 34.7 Å². The molecule has 1 fully saturated rings. The lowest BCUT2D eigenvalue weighted by Crippen LogP contribution is -2.39. The molecule has 92 valence electrons. The van der Waals surface area contributed by atoms with Crippen molar-refractivity contribution in [2.45, 2.75) is 18.8 Å². The first-order chi connectivity index (χ1) is 8.65. The number of rotatable bonds is 1. The van der Waals surface area contributed by atoms with Crippen molar-refractivity contribution in [1.82, 2.24) is 14.7 Å². The molecule has 0 bridgehead atoms. The fourth-order valence-electron chi connectivity index (χ4n) is 2.14. The highest BCUT2D eigenvalue weighted by Crippen LogP contribution is 2.25. The molecule has 1 atom stereocenters. The SMILES string of the molecule is O=C1CCC(c2cn3c(Br)cccc3n2)C(=O)N1. The van der Waals surface area contributed by atoms with E-state index in [-0.39, 0.29) is 17.7 Å². The molecule has 2 amide bonds. The predicted octanol–water partition coefficient (Wildman–Crippen LogP) is 1.62. The second kappa shape index (κ2) is 4.20. The van der Waals surface area contributed by atoms with Gasteiger partial charge in [-0.05, 0) is 34.5 Å². The maximum Gasteiger partial charge on any atom is 0.235 e. The maximum atomic E-state index is 11.8. The molecule has 1 N–H and O–H groups in total. The van der Waals surface area contributed by atoms with Crippen LogP contribution in [0.1, 0.15) is 24.5 Å². The van der Waals surface area contributed by atoms with Crippen LogP contribution in [0.15, 0.2) is 29.0 Å². The van der Waals surface area contributed by atoms with E-state index in [1.165, 1.54) is 0 Å². The third kappa shape index (κ3) is 1.82. The summed E-state index contributed by atoms with van der Waals surface area (Å²) in [6.45, 7) is 0. The molecule has 2 aromatic rings. The summed E-state index contributed by atoms with van der Waals surface area (Å²) >= 11 is 3.43. The second-order valence-corrected chi connectivity index (χ2v) is 5.06. The van der Waals surface area contributed by atoms with Crippen molar-refractivity contribution in [2.75, 3.05) is 0 Å². The third-order valence-corrected chi connectivity index (χ3v) is 3.70. The first kappa shape index (κ1) is 11.4. The Kier molecular flexibility index (Phi) is 2.66. The summed E-state index contributed by atoms with van der Waals surface area (Å²) in [4.78, 5) is 27.3. The van der Waals surface area contributed by atoms with Crippen LogP contribution in [0.25, 0.3) is 5.65 Å². The lowest BCUT2D eigenvalue weighted by molar-refractivity contribution is -0.134. The summed E-state index contributed by atoms with van der Waals surface area (Å²) in [7, 11) is 0. The van der Waals surface area contributed by atoms with Gasteiger partial charge < -0.3 is 0 Å². The number of nitrogens with zero attached hydrogens (tertiary/aromatic N) is 2. The zero-order chi connectivity index (χ0) is 12.7. The first-order valence-corrected chi connectivity index (χ1v) is 6.41. The number of amides is 2. The van der Waals surface area contributed by atoms with E-state index in [0.717, 1.165) is 10.3 Å². The normalized spacial score (nSPS) is 20.2. The smallest absolute Gasteiger partial charge is 0.235 e. The Balaban J connectivity index is 2.02. The molecule has 1 unspecified atom stereocenters. The highest BCUT2D eigenvalue weighted by molar-refractivity contribution is 9.10. The number of carbonyl (C=O) groups is 2. The van der Waals surface area contributed by atoms with Crippen molar-refractivity contribution < 1.29 is 9.59 Å². The Hall–Kier alpha value is -1.69. The fraction of sp³-hybridized carbons (Fsp3) is 0.250. The lowest BCUT2D eigenvalue weighted by atomic mass is 9.95. The number of pyridine rings is 1. The molecular formula is C12H10BrN3O2. The van der Waals surface area contributed by atoms with Crippen LogP contribution in [0.3, 0.4) is 0 Å². The van der Waals surface area contributed by atoms with E-state index in [1.54, 1.807) is 0 Å². The number of aromatic nitrogens is 2. The Bertz CT molecular complexity index is 650. The topological polar surface area (TPSA) is 63.5 Å². The second-order valence-electron chi connectivity index (χ2n) is 4.25. The van der Waals surface area contributed by atoms with Crippen LogP contribution >= 0.6 is 15.9 Å². The first-order valence-electron chi connectivity index (χ1n) is 5.62. The minimum absolute atomic E-state index is 0.207. The average molecular weight is 308 g/mol. The molecule has 3 heterocycles. The van der Waals surface area contributed by atoms with Gasteiger partial charge in [0.2, 0.25) is 11.8 Å². The van der Waals surface area contributed by atoms with Gasteiger partial charge in [-0.3, -0.25) is 19.3 Å². The van der Waals surface area contributed by atoms with Crippen LogP contribution in [0, 0.1) is 0 Å². The highest BCUT2D eigenvalue weighted by Gasteiger charge is 2.29. The van der Waals surface area contributed by atoms with E-state index in [4.69, 9.17) is 0 Å². The van der Waals surface area contributed by atoms with Crippen LogP contribution in [0.4, 0.5) is 0 Å². The van der Waals surface area contributed by atoms with Gasteiger partial charge in [0.1, 0.15) is 5.65 Å². The number of hydrogen-bond donors (Lipinski definition) is 1. The van der Waals surface area contributed by atoms with Crippen LogP contribution in [0.5, 0.6) is 0 Å². The molecule has 0 aromatic carbocycles. The molecule has 18 heavy (non-hydrogen) atoms. The number of imidazole rings is 1. The van der Waals surface area contributed by atoms with Gasteiger partial charge in [0.05, 0.1) is 16.2 Å². The van der Waals surface area contributed by atoms with E-state index < -0.39 is 0 Å². The Morgan fingerprint density at radius 1 is 1.39 bits per heavy atom. The van der Waals surface area contributed by atoms with Crippen LogP contribution in [0.2, 0.25) is 0 Å². The number of nitrogens with one attached hydrogen (secondary N) is 1. The fourth-order valence-corrected chi connectivity index (χ4v) is 2.58. The van der Waals surface area contributed by atoms with Crippen molar-refractivity contribution in [3.8, 4) is 0 Å². The van der Waals surface area contributed by atoms with Gasteiger partial charge in [-0.25, -0.2) is 4.98 Å². The number of halogens is 1. The van der Waals surface area contributed by atoms with Crippen molar-refractivity contribution >= 4 is 33.4 Å². The molecule has 5 nitrogen and oxygen atoms in total. The molecule has 0 spiro atoms. The van der Waals surface area contributed by atoms with Gasteiger partial charge in [-0.15, -0.1) is 0 Å². The monoisotopic (exact) mass is 307 g/mol. The predicted molar refractivity (Wildman–Crippen MR) is 68.0 cm³/mol.